The van der Waals surface area contributed by atoms with Gasteiger partial charge in [-0.15, -0.1) is 0 Å². The molecule has 1 aromatic heterocycles. The van der Waals surface area contributed by atoms with Crippen LogP contribution in [0.5, 0.6) is 0 Å². The first-order valence-corrected chi connectivity index (χ1v) is 7.32. The number of amides is 1. The van der Waals surface area contributed by atoms with Crippen molar-refractivity contribution < 1.29 is 4.79 Å². The third-order valence-corrected chi connectivity index (χ3v) is 3.97. The number of hydrogen-bond donors (Lipinski definition) is 2. The zero-order valence-corrected chi connectivity index (χ0v) is 11.9. The molecule has 2 aromatic rings. The van der Waals surface area contributed by atoms with Crippen LogP contribution in [-0.4, -0.2) is 16.9 Å². The highest BCUT2D eigenvalue weighted by molar-refractivity contribution is 5.97. The van der Waals surface area contributed by atoms with Crippen LogP contribution in [0.25, 0.3) is 0 Å². The number of nitrogens with zero attached hydrogens (tertiary/aromatic N) is 1. The van der Waals surface area contributed by atoms with Gasteiger partial charge in [-0.1, -0.05) is 24.3 Å². The van der Waals surface area contributed by atoms with E-state index < -0.39 is 0 Å². The van der Waals surface area contributed by atoms with E-state index in [4.69, 9.17) is 5.73 Å². The van der Waals surface area contributed by atoms with Crippen LogP contribution in [0.3, 0.4) is 0 Å². The van der Waals surface area contributed by atoms with Crippen molar-refractivity contribution in [2.75, 3.05) is 5.73 Å². The number of rotatable bonds is 2. The van der Waals surface area contributed by atoms with Gasteiger partial charge < -0.3 is 11.1 Å². The molecular weight excluding hydrogens is 262 g/mol. The molecule has 0 saturated carbocycles. The molecule has 21 heavy (non-hydrogen) atoms. The summed E-state index contributed by atoms with van der Waals surface area (Å²) in [6.45, 7) is 0. The van der Waals surface area contributed by atoms with E-state index in [1.165, 1.54) is 11.1 Å². The molecule has 0 bridgehead atoms. The highest BCUT2D eigenvalue weighted by Crippen LogP contribution is 2.21. The second-order valence-electron chi connectivity index (χ2n) is 5.48. The normalized spacial score (nSPS) is 17.6. The Hall–Kier alpha value is -2.36. The highest BCUT2D eigenvalue weighted by atomic mass is 16.1. The highest BCUT2D eigenvalue weighted by Gasteiger charge is 2.20. The average molecular weight is 281 g/mol. The number of nitrogen functional groups attached to an aromatic ring is 1. The Morgan fingerprint density at radius 2 is 2.00 bits per heavy atom. The van der Waals surface area contributed by atoms with Crippen LogP contribution in [0, 0.1) is 0 Å². The summed E-state index contributed by atoms with van der Waals surface area (Å²) in [6, 6.07) is 12.0. The van der Waals surface area contributed by atoms with Gasteiger partial charge >= 0.3 is 0 Å². The third kappa shape index (κ3) is 3.05. The molecule has 1 atom stereocenters. The molecule has 4 nitrogen and oxygen atoms in total. The van der Waals surface area contributed by atoms with Gasteiger partial charge in [-0.25, -0.2) is 4.98 Å². The topological polar surface area (TPSA) is 68.0 Å². The summed E-state index contributed by atoms with van der Waals surface area (Å²) in [5.41, 5.74) is 9.27. The molecule has 1 unspecified atom stereocenters. The first-order chi connectivity index (χ1) is 10.2. The summed E-state index contributed by atoms with van der Waals surface area (Å²) in [5.74, 6) is -0.183. The Kier molecular flexibility index (Phi) is 3.86. The van der Waals surface area contributed by atoms with Gasteiger partial charge in [-0.2, -0.15) is 0 Å². The quantitative estimate of drug-likeness (QED) is 0.830. The summed E-state index contributed by atoms with van der Waals surface area (Å²) in [6.07, 6.45) is 5.60. The van der Waals surface area contributed by atoms with Gasteiger partial charge in [-0.05, 0) is 48.9 Å². The largest absolute Gasteiger partial charge is 0.397 e. The van der Waals surface area contributed by atoms with Gasteiger partial charge in [0.25, 0.3) is 5.91 Å². The molecule has 1 aromatic carbocycles. The van der Waals surface area contributed by atoms with E-state index in [0.717, 1.165) is 25.7 Å². The molecule has 1 amide bonds. The van der Waals surface area contributed by atoms with E-state index >= 15 is 0 Å². The van der Waals surface area contributed by atoms with Gasteiger partial charge in [0.05, 0.1) is 5.69 Å². The van der Waals surface area contributed by atoms with Crippen molar-refractivity contribution in [3.05, 3.63) is 59.4 Å². The van der Waals surface area contributed by atoms with Crippen LogP contribution in [0.2, 0.25) is 0 Å². The van der Waals surface area contributed by atoms with Crippen molar-refractivity contribution in [1.29, 1.82) is 0 Å². The minimum Gasteiger partial charge on any atom is -0.397 e. The molecule has 0 spiro atoms. The standard InChI is InChI=1S/C17H19N3O/c18-15-9-4-10-19-16(15)17(21)20-14-8-3-7-12-5-1-2-6-13(12)11-14/h1-2,4-6,9-10,14H,3,7-8,11,18H2,(H,20,21). The molecule has 108 valence electrons. The van der Waals surface area contributed by atoms with Gasteiger partial charge in [0.15, 0.2) is 5.69 Å². The lowest BCUT2D eigenvalue weighted by atomic mass is 10.0. The number of carbonyl (C=O) groups is 1. The molecule has 0 aliphatic heterocycles. The number of nitrogens with two attached hydrogens (primary N) is 1. The van der Waals surface area contributed by atoms with Gasteiger partial charge in [0.2, 0.25) is 0 Å². The zero-order valence-electron chi connectivity index (χ0n) is 11.9. The van der Waals surface area contributed by atoms with Crippen molar-refractivity contribution in [3.63, 3.8) is 0 Å². The van der Waals surface area contributed by atoms with Gasteiger partial charge in [0.1, 0.15) is 0 Å². The first kappa shape index (κ1) is 13.6. The number of carbonyl (C=O) groups excluding carboxylic acids is 1. The number of benzene rings is 1. The fourth-order valence-electron chi connectivity index (χ4n) is 2.89. The molecule has 1 aliphatic carbocycles. The van der Waals surface area contributed by atoms with E-state index in [1.54, 1.807) is 18.3 Å². The summed E-state index contributed by atoms with van der Waals surface area (Å²) in [7, 11) is 0. The van der Waals surface area contributed by atoms with Gasteiger partial charge in [-0.3, -0.25) is 4.79 Å². The number of pyridine rings is 1. The summed E-state index contributed by atoms with van der Waals surface area (Å²) in [4.78, 5) is 16.4. The Morgan fingerprint density at radius 1 is 1.19 bits per heavy atom. The number of aromatic nitrogens is 1. The number of aryl methyl sites for hydroxylation is 1. The lowest BCUT2D eigenvalue weighted by Crippen LogP contribution is -2.36. The fraction of sp³-hybridized carbons (Fsp3) is 0.294. The maximum atomic E-state index is 12.3. The number of anilines is 1. The van der Waals surface area contributed by atoms with E-state index in [9.17, 15) is 4.79 Å². The summed E-state index contributed by atoms with van der Waals surface area (Å²) in [5, 5.41) is 3.08. The van der Waals surface area contributed by atoms with E-state index in [1.807, 2.05) is 0 Å². The minimum atomic E-state index is -0.183. The maximum Gasteiger partial charge on any atom is 0.272 e. The van der Waals surface area contributed by atoms with Crippen LogP contribution >= 0.6 is 0 Å². The Bertz CT molecular complexity index is 654. The Balaban J connectivity index is 1.74. The van der Waals surface area contributed by atoms with Crippen LogP contribution in [0.15, 0.2) is 42.6 Å². The van der Waals surface area contributed by atoms with Crippen LogP contribution in [0.4, 0.5) is 5.69 Å². The number of nitrogens with one attached hydrogen (secondary N) is 1. The van der Waals surface area contributed by atoms with Crippen LogP contribution in [-0.2, 0) is 12.8 Å². The lowest BCUT2D eigenvalue weighted by Gasteiger charge is -2.17. The van der Waals surface area contributed by atoms with Crippen molar-refractivity contribution in [1.82, 2.24) is 10.3 Å². The van der Waals surface area contributed by atoms with Crippen molar-refractivity contribution in [2.24, 2.45) is 0 Å². The molecule has 3 rings (SSSR count). The smallest absolute Gasteiger partial charge is 0.272 e. The molecule has 1 heterocycles. The lowest BCUT2D eigenvalue weighted by molar-refractivity contribution is 0.0931. The molecule has 1 aliphatic rings. The van der Waals surface area contributed by atoms with Crippen LogP contribution in [0.1, 0.15) is 34.5 Å². The minimum absolute atomic E-state index is 0.141. The average Bonchev–Trinajstić information content (AvgIpc) is 2.69. The maximum absolute atomic E-state index is 12.3. The van der Waals surface area contributed by atoms with E-state index in [-0.39, 0.29) is 11.9 Å². The Labute approximate surface area is 124 Å². The van der Waals surface area contributed by atoms with Crippen molar-refractivity contribution in [3.8, 4) is 0 Å². The Morgan fingerprint density at radius 3 is 2.81 bits per heavy atom. The molecule has 0 saturated heterocycles. The summed E-state index contributed by atoms with van der Waals surface area (Å²) < 4.78 is 0. The molecule has 0 fully saturated rings. The molecule has 0 radical (unpaired) electrons. The molecule has 3 N–H and O–H groups in total. The second kappa shape index (κ2) is 5.95. The van der Waals surface area contributed by atoms with E-state index in [2.05, 4.69) is 34.6 Å². The van der Waals surface area contributed by atoms with Gasteiger partial charge in [0, 0.05) is 12.2 Å². The van der Waals surface area contributed by atoms with E-state index in [0.29, 0.717) is 11.4 Å². The predicted octanol–water partition coefficient (Wildman–Crippen LogP) is 2.34. The SMILES string of the molecule is Nc1cccnc1C(=O)NC1CCCc2ccccc2C1. The first-order valence-electron chi connectivity index (χ1n) is 7.32. The molecular formula is C17H19N3O. The summed E-state index contributed by atoms with van der Waals surface area (Å²) >= 11 is 0. The number of fused-ring (bicyclic) bond motifs is 1. The number of hydrogen-bond acceptors (Lipinski definition) is 3. The zero-order chi connectivity index (χ0) is 14.7. The third-order valence-electron chi connectivity index (χ3n) is 3.97. The molecule has 4 heteroatoms. The van der Waals surface area contributed by atoms with Crippen LogP contribution < -0.4 is 11.1 Å². The monoisotopic (exact) mass is 281 g/mol. The predicted molar refractivity (Wildman–Crippen MR) is 83.0 cm³/mol. The van der Waals surface area contributed by atoms with Crippen molar-refractivity contribution in [2.45, 2.75) is 31.7 Å². The van der Waals surface area contributed by atoms with Crippen molar-refractivity contribution >= 4 is 11.6 Å². The fourth-order valence-corrected chi connectivity index (χ4v) is 2.89. The second-order valence-corrected chi connectivity index (χ2v) is 5.48.